The van der Waals surface area contributed by atoms with Crippen molar-refractivity contribution in [3.8, 4) is 0 Å². The van der Waals surface area contributed by atoms with Gasteiger partial charge in [-0.15, -0.1) is 0 Å². The van der Waals surface area contributed by atoms with Crippen molar-refractivity contribution >= 4 is 27.7 Å². The van der Waals surface area contributed by atoms with Gasteiger partial charge in [0.15, 0.2) is 0 Å². The molecule has 2 unspecified atom stereocenters. The molecular weight excluding hydrogens is 272 g/mol. The molecule has 0 amide bonds. The highest BCUT2D eigenvalue weighted by Gasteiger charge is 2.29. The molecule has 2 rings (SSSR count). The van der Waals surface area contributed by atoms with Crippen molar-refractivity contribution in [3.05, 3.63) is 10.7 Å². The van der Waals surface area contributed by atoms with E-state index in [0.717, 1.165) is 23.3 Å². The maximum absolute atomic E-state index is 5.60. The van der Waals surface area contributed by atoms with Crippen LogP contribution in [0.15, 0.2) is 10.7 Å². The lowest BCUT2D eigenvalue weighted by Crippen LogP contribution is -2.37. The molecule has 5 nitrogen and oxygen atoms in total. The van der Waals surface area contributed by atoms with Crippen LogP contribution in [0.5, 0.6) is 0 Å². The molecule has 2 heterocycles. The molecule has 2 N–H and O–H groups in total. The zero-order chi connectivity index (χ0) is 11.7. The molecule has 0 aromatic carbocycles. The van der Waals surface area contributed by atoms with Gasteiger partial charge in [0.05, 0.1) is 16.6 Å². The van der Waals surface area contributed by atoms with E-state index in [1.165, 1.54) is 0 Å². The Morgan fingerprint density at radius 3 is 3.00 bits per heavy atom. The monoisotopic (exact) mass is 286 g/mol. The summed E-state index contributed by atoms with van der Waals surface area (Å²) in [5.41, 5.74) is 5.60. The second kappa shape index (κ2) is 4.55. The van der Waals surface area contributed by atoms with E-state index in [0.29, 0.717) is 6.04 Å². The van der Waals surface area contributed by atoms with Crippen LogP contribution >= 0.6 is 15.9 Å². The van der Waals surface area contributed by atoms with Crippen LogP contribution in [-0.2, 0) is 4.74 Å². The summed E-state index contributed by atoms with van der Waals surface area (Å²) in [4.78, 5) is 10.3. The van der Waals surface area contributed by atoms with E-state index in [4.69, 9.17) is 10.5 Å². The Labute approximate surface area is 103 Å². The number of halogens is 1. The number of nitrogens with zero attached hydrogens (tertiary/aromatic N) is 3. The Morgan fingerprint density at radius 2 is 2.38 bits per heavy atom. The largest absolute Gasteiger partial charge is 0.376 e. The minimum atomic E-state index is 0.216. The minimum Gasteiger partial charge on any atom is -0.376 e. The highest BCUT2D eigenvalue weighted by Crippen LogP contribution is 2.28. The first kappa shape index (κ1) is 11.6. The molecule has 6 heteroatoms. The molecule has 0 spiro atoms. The van der Waals surface area contributed by atoms with E-state index in [1.54, 1.807) is 6.20 Å². The van der Waals surface area contributed by atoms with Crippen LogP contribution in [-0.4, -0.2) is 35.8 Å². The van der Waals surface area contributed by atoms with Crippen LogP contribution in [0, 0.1) is 0 Å². The third-order valence-corrected chi connectivity index (χ3v) is 3.47. The van der Waals surface area contributed by atoms with Gasteiger partial charge in [0.25, 0.3) is 0 Å². The molecule has 0 radical (unpaired) electrons. The Morgan fingerprint density at radius 1 is 1.62 bits per heavy atom. The predicted molar refractivity (Wildman–Crippen MR) is 66.4 cm³/mol. The molecule has 0 bridgehead atoms. The highest BCUT2D eigenvalue weighted by molar-refractivity contribution is 9.10. The van der Waals surface area contributed by atoms with Crippen LogP contribution in [0.3, 0.4) is 0 Å². The van der Waals surface area contributed by atoms with Gasteiger partial charge in [-0.2, -0.15) is 4.98 Å². The first-order valence-electron chi connectivity index (χ1n) is 5.22. The molecule has 1 aromatic rings. The molecule has 1 fully saturated rings. The van der Waals surface area contributed by atoms with Gasteiger partial charge < -0.3 is 15.4 Å². The Kier molecular flexibility index (Phi) is 3.30. The molecule has 1 saturated heterocycles. The smallest absolute Gasteiger partial charge is 0.222 e. The molecule has 0 saturated carbocycles. The van der Waals surface area contributed by atoms with Gasteiger partial charge in [0.2, 0.25) is 5.95 Å². The van der Waals surface area contributed by atoms with E-state index < -0.39 is 0 Å². The number of rotatable bonds is 2. The summed E-state index contributed by atoms with van der Waals surface area (Å²) in [6.07, 6.45) is 2.90. The Balaban J connectivity index is 2.25. The van der Waals surface area contributed by atoms with Gasteiger partial charge in [-0.05, 0) is 29.3 Å². The van der Waals surface area contributed by atoms with Crippen LogP contribution in [0.4, 0.5) is 11.8 Å². The van der Waals surface area contributed by atoms with Gasteiger partial charge in [-0.25, -0.2) is 4.98 Å². The lowest BCUT2D eigenvalue weighted by atomic mass is 10.1. The molecule has 1 aliphatic heterocycles. The summed E-state index contributed by atoms with van der Waals surface area (Å²) in [5, 5.41) is 0. The zero-order valence-corrected chi connectivity index (χ0v) is 10.9. The average Bonchev–Trinajstić information content (AvgIpc) is 2.67. The summed E-state index contributed by atoms with van der Waals surface area (Å²) < 4.78 is 6.40. The van der Waals surface area contributed by atoms with Gasteiger partial charge in [0, 0.05) is 19.9 Å². The standard InChI is InChI=1S/C10H15BrN4O/c1-6-8(3-4-16-6)15(2)9-7(11)5-13-10(12)14-9/h5-6,8H,3-4H2,1-2H3,(H2,12,13,14). The summed E-state index contributed by atoms with van der Waals surface area (Å²) in [7, 11) is 2.00. The number of anilines is 2. The van der Waals surface area contributed by atoms with Gasteiger partial charge >= 0.3 is 0 Å². The third-order valence-electron chi connectivity index (χ3n) is 2.91. The van der Waals surface area contributed by atoms with E-state index >= 15 is 0 Å². The fraction of sp³-hybridized carbons (Fsp3) is 0.600. The second-order valence-electron chi connectivity index (χ2n) is 3.94. The van der Waals surface area contributed by atoms with Crippen LogP contribution in [0.1, 0.15) is 13.3 Å². The van der Waals surface area contributed by atoms with Crippen LogP contribution in [0.25, 0.3) is 0 Å². The molecule has 1 aromatic heterocycles. The van der Waals surface area contributed by atoms with Gasteiger partial charge in [-0.3, -0.25) is 0 Å². The SMILES string of the molecule is CC1OCCC1N(C)c1nc(N)ncc1Br. The first-order chi connectivity index (χ1) is 7.59. The molecule has 2 atom stereocenters. The summed E-state index contributed by atoms with van der Waals surface area (Å²) >= 11 is 3.44. The van der Waals surface area contributed by atoms with Gasteiger partial charge in [0.1, 0.15) is 5.82 Å². The van der Waals surface area contributed by atoms with Crippen molar-refractivity contribution in [2.75, 3.05) is 24.3 Å². The van der Waals surface area contributed by atoms with E-state index in [-0.39, 0.29) is 12.1 Å². The van der Waals surface area contributed by atoms with E-state index in [9.17, 15) is 0 Å². The number of hydrogen-bond acceptors (Lipinski definition) is 5. The highest BCUT2D eigenvalue weighted by atomic mass is 79.9. The molecular formula is C10H15BrN4O. The summed E-state index contributed by atoms with van der Waals surface area (Å²) in [5.74, 6) is 1.10. The molecule has 0 aliphatic carbocycles. The summed E-state index contributed by atoms with van der Waals surface area (Å²) in [6.45, 7) is 2.88. The number of aromatic nitrogens is 2. The topological polar surface area (TPSA) is 64.3 Å². The van der Waals surface area contributed by atoms with Crippen molar-refractivity contribution < 1.29 is 4.74 Å². The van der Waals surface area contributed by atoms with E-state index in [1.807, 2.05) is 7.05 Å². The van der Waals surface area contributed by atoms with Crippen LogP contribution < -0.4 is 10.6 Å². The van der Waals surface area contributed by atoms with Gasteiger partial charge in [-0.1, -0.05) is 0 Å². The average molecular weight is 287 g/mol. The fourth-order valence-corrected chi connectivity index (χ4v) is 2.48. The number of nitrogens with two attached hydrogens (primary N) is 1. The van der Waals surface area contributed by atoms with E-state index in [2.05, 4.69) is 37.7 Å². The molecule has 88 valence electrons. The van der Waals surface area contributed by atoms with Crippen molar-refractivity contribution in [3.63, 3.8) is 0 Å². The quantitative estimate of drug-likeness (QED) is 0.891. The normalized spacial score (nSPS) is 24.7. The summed E-state index contributed by atoms with van der Waals surface area (Å²) in [6, 6.07) is 0.339. The Hall–Kier alpha value is -0.880. The lowest BCUT2D eigenvalue weighted by molar-refractivity contribution is 0.118. The third kappa shape index (κ3) is 2.12. The fourth-order valence-electron chi connectivity index (χ4n) is 2.00. The number of likely N-dealkylation sites (N-methyl/N-ethyl adjacent to an activating group) is 1. The first-order valence-corrected chi connectivity index (χ1v) is 6.01. The second-order valence-corrected chi connectivity index (χ2v) is 4.80. The Bertz CT molecular complexity index is 387. The predicted octanol–water partition coefficient (Wildman–Crippen LogP) is 1.43. The van der Waals surface area contributed by atoms with Crippen LogP contribution in [0.2, 0.25) is 0 Å². The number of hydrogen-bond donors (Lipinski definition) is 1. The van der Waals surface area contributed by atoms with Crippen molar-refractivity contribution in [1.29, 1.82) is 0 Å². The maximum Gasteiger partial charge on any atom is 0.222 e. The van der Waals surface area contributed by atoms with Crippen molar-refractivity contribution in [1.82, 2.24) is 9.97 Å². The number of ether oxygens (including phenoxy) is 1. The molecule has 1 aliphatic rings. The minimum absolute atomic E-state index is 0.216. The van der Waals surface area contributed by atoms with Crippen molar-refractivity contribution in [2.24, 2.45) is 0 Å². The van der Waals surface area contributed by atoms with Crippen molar-refractivity contribution in [2.45, 2.75) is 25.5 Å². The zero-order valence-electron chi connectivity index (χ0n) is 9.35. The molecule has 16 heavy (non-hydrogen) atoms. The lowest BCUT2D eigenvalue weighted by Gasteiger charge is -2.28. The number of nitrogen functional groups attached to an aromatic ring is 1. The maximum atomic E-state index is 5.60.